The third-order valence-corrected chi connectivity index (χ3v) is 5.30. The Kier molecular flexibility index (Phi) is 4.54. The second kappa shape index (κ2) is 7.00. The van der Waals surface area contributed by atoms with E-state index >= 15 is 0 Å². The maximum absolute atomic E-state index is 13.4. The second-order valence-electron chi connectivity index (χ2n) is 7.27. The zero-order valence-electron chi connectivity index (χ0n) is 15.7. The van der Waals surface area contributed by atoms with E-state index in [-0.39, 0.29) is 11.8 Å². The van der Waals surface area contributed by atoms with Crippen LogP contribution >= 0.6 is 0 Å². The predicted octanol–water partition coefficient (Wildman–Crippen LogP) is 3.96. The minimum absolute atomic E-state index is 0.00898. The van der Waals surface area contributed by atoms with Gasteiger partial charge in [0.05, 0.1) is 22.6 Å². The SMILES string of the molecule is CC1=C(CC(=O)N2c3ccccc3NC(=O)c3ccccc32)CCN(C)C1. The van der Waals surface area contributed by atoms with Crippen molar-refractivity contribution in [3.63, 3.8) is 0 Å². The Balaban J connectivity index is 1.77. The van der Waals surface area contributed by atoms with Crippen molar-refractivity contribution in [2.45, 2.75) is 19.8 Å². The van der Waals surface area contributed by atoms with Crippen molar-refractivity contribution in [2.24, 2.45) is 0 Å². The molecule has 2 amide bonds. The maximum atomic E-state index is 13.4. The van der Waals surface area contributed by atoms with Gasteiger partial charge in [0, 0.05) is 19.5 Å². The van der Waals surface area contributed by atoms with Gasteiger partial charge in [-0.2, -0.15) is 0 Å². The molecule has 0 saturated heterocycles. The summed E-state index contributed by atoms with van der Waals surface area (Å²) in [5, 5.41) is 2.93. The predicted molar refractivity (Wildman–Crippen MR) is 107 cm³/mol. The van der Waals surface area contributed by atoms with Gasteiger partial charge in [-0.1, -0.05) is 35.4 Å². The number of fused-ring (bicyclic) bond motifs is 2. The van der Waals surface area contributed by atoms with Gasteiger partial charge in [-0.25, -0.2) is 0 Å². The first-order valence-electron chi connectivity index (χ1n) is 9.23. The van der Waals surface area contributed by atoms with Crippen molar-refractivity contribution in [1.82, 2.24) is 4.90 Å². The van der Waals surface area contributed by atoms with Crippen LogP contribution in [0.5, 0.6) is 0 Å². The summed E-state index contributed by atoms with van der Waals surface area (Å²) in [4.78, 5) is 30.0. The first-order valence-corrected chi connectivity index (χ1v) is 9.23. The fourth-order valence-corrected chi connectivity index (χ4v) is 3.86. The van der Waals surface area contributed by atoms with Gasteiger partial charge >= 0.3 is 0 Å². The van der Waals surface area contributed by atoms with Gasteiger partial charge in [0.1, 0.15) is 0 Å². The molecular weight excluding hydrogens is 338 g/mol. The van der Waals surface area contributed by atoms with E-state index in [1.807, 2.05) is 42.5 Å². The third kappa shape index (κ3) is 3.26. The highest BCUT2D eigenvalue weighted by atomic mass is 16.2. The van der Waals surface area contributed by atoms with Gasteiger partial charge in [0.2, 0.25) is 5.91 Å². The van der Waals surface area contributed by atoms with E-state index in [4.69, 9.17) is 0 Å². The summed E-state index contributed by atoms with van der Waals surface area (Å²) < 4.78 is 0. The average molecular weight is 361 g/mol. The van der Waals surface area contributed by atoms with E-state index in [2.05, 4.69) is 24.2 Å². The van der Waals surface area contributed by atoms with E-state index in [9.17, 15) is 9.59 Å². The quantitative estimate of drug-likeness (QED) is 0.824. The van der Waals surface area contributed by atoms with Gasteiger partial charge in [-0.3, -0.25) is 14.5 Å². The number of nitrogens with one attached hydrogen (secondary N) is 1. The highest BCUT2D eigenvalue weighted by Crippen LogP contribution is 2.38. The number of nitrogens with zero attached hydrogens (tertiary/aromatic N) is 2. The Labute approximate surface area is 159 Å². The molecule has 0 bridgehead atoms. The first kappa shape index (κ1) is 17.5. The lowest BCUT2D eigenvalue weighted by molar-refractivity contribution is -0.117. The molecule has 2 aromatic rings. The van der Waals surface area contributed by atoms with E-state index in [0.717, 1.165) is 19.5 Å². The van der Waals surface area contributed by atoms with E-state index in [1.165, 1.54) is 11.1 Å². The number of hydrogen-bond donors (Lipinski definition) is 1. The molecule has 2 aromatic carbocycles. The Bertz CT molecular complexity index is 948. The molecule has 0 unspecified atom stereocenters. The van der Waals surface area contributed by atoms with Crippen LogP contribution in [0, 0.1) is 0 Å². The second-order valence-corrected chi connectivity index (χ2v) is 7.27. The number of para-hydroxylation sites is 3. The van der Waals surface area contributed by atoms with Gasteiger partial charge in [0.25, 0.3) is 5.91 Å². The molecular formula is C22H23N3O2. The topological polar surface area (TPSA) is 52.7 Å². The van der Waals surface area contributed by atoms with Gasteiger partial charge in [-0.05, 0) is 44.7 Å². The fourth-order valence-electron chi connectivity index (χ4n) is 3.86. The lowest BCUT2D eigenvalue weighted by Gasteiger charge is -2.28. The van der Waals surface area contributed by atoms with Crippen LogP contribution in [-0.2, 0) is 4.79 Å². The minimum atomic E-state index is -0.192. The molecule has 27 heavy (non-hydrogen) atoms. The summed E-state index contributed by atoms with van der Waals surface area (Å²) in [5.74, 6) is -0.201. The normalized spacial score (nSPS) is 17.1. The Morgan fingerprint density at radius 3 is 2.56 bits per heavy atom. The van der Waals surface area contributed by atoms with Crippen molar-refractivity contribution in [1.29, 1.82) is 0 Å². The lowest BCUT2D eigenvalue weighted by Crippen LogP contribution is -2.31. The number of amides is 2. The lowest BCUT2D eigenvalue weighted by atomic mass is 9.97. The molecule has 0 saturated carbocycles. The van der Waals surface area contributed by atoms with E-state index < -0.39 is 0 Å². The van der Waals surface area contributed by atoms with Gasteiger partial charge in [0.15, 0.2) is 0 Å². The third-order valence-electron chi connectivity index (χ3n) is 5.30. The summed E-state index contributed by atoms with van der Waals surface area (Å²) in [6.45, 7) is 3.97. The van der Waals surface area contributed by atoms with Crippen molar-refractivity contribution in [2.75, 3.05) is 30.4 Å². The maximum Gasteiger partial charge on any atom is 0.257 e. The molecule has 5 heteroatoms. The van der Waals surface area contributed by atoms with Crippen LogP contribution in [0.1, 0.15) is 30.1 Å². The smallest absolute Gasteiger partial charge is 0.257 e. The van der Waals surface area contributed by atoms with Crippen molar-refractivity contribution >= 4 is 28.9 Å². The number of carbonyl (C=O) groups is 2. The van der Waals surface area contributed by atoms with Gasteiger partial charge < -0.3 is 10.2 Å². The van der Waals surface area contributed by atoms with Crippen molar-refractivity contribution in [3.05, 3.63) is 65.2 Å². The van der Waals surface area contributed by atoms with Crippen LogP contribution in [0.3, 0.4) is 0 Å². The van der Waals surface area contributed by atoms with Gasteiger partial charge in [-0.15, -0.1) is 0 Å². The summed E-state index contributed by atoms with van der Waals surface area (Å²) in [7, 11) is 2.10. The Hall–Kier alpha value is -2.92. The largest absolute Gasteiger partial charge is 0.320 e. The van der Waals surface area contributed by atoms with Crippen LogP contribution in [0.15, 0.2) is 59.7 Å². The summed E-state index contributed by atoms with van der Waals surface area (Å²) in [5.41, 5.74) is 4.99. The Morgan fingerprint density at radius 2 is 1.78 bits per heavy atom. The van der Waals surface area contributed by atoms with E-state index in [0.29, 0.717) is 29.0 Å². The summed E-state index contributed by atoms with van der Waals surface area (Å²) in [6, 6.07) is 14.7. The van der Waals surface area contributed by atoms with Crippen LogP contribution < -0.4 is 10.2 Å². The zero-order chi connectivity index (χ0) is 19.0. The number of benzene rings is 2. The molecule has 0 aromatic heterocycles. The Morgan fingerprint density at radius 1 is 1.07 bits per heavy atom. The van der Waals surface area contributed by atoms with Crippen LogP contribution in [0.2, 0.25) is 0 Å². The molecule has 2 aliphatic rings. The molecule has 2 heterocycles. The summed E-state index contributed by atoms with van der Waals surface area (Å²) >= 11 is 0. The molecule has 2 aliphatic heterocycles. The molecule has 4 rings (SSSR count). The molecule has 138 valence electrons. The summed E-state index contributed by atoms with van der Waals surface area (Å²) in [6.07, 6.45) is 1.28. The number of carbonyl (C=O) groups excluding carboxylic acids is 2. The molecule has 5 nitrogen and oxygen atoms in total. The minimum Gasteiger partial charge on any atom is -0.320 e. The monoisotopic (exact) mass is 361 g/mol. The number of hydrogen-bond acceptors (Lipinski definition) is 3. The highest BCUT2D eigenvalue weighted by molar-refractivity contribution is 6.17. The van der Waals surface area contributed by atoms with E-state index in [1.54, 1.807) is 11.0 Å². The molecule has 0 fully saturated rings. The number of anilines is 3. The zero-order valence-corrected chi connectivity index (χ0v) is 15.7. The first-order chi connectivity index (χ1) is 13.0. The fraction of sp³-hybridized carbons (Fsp3) is 0.273. The molecule has 0 spiro atoms. The molecule has 1 N–H and O–H groups in total. The van der Waals surface area contributed by atoms with Crippen LogP contribution in [0.4, 0.5) is 17.1 Å². The van der Waals surface area contributed by atoms with Crippen LogP contribution in [-0.4, -0.2) is 36.9 Å². The van der Waals surface area contributed by atoms with Crippen molar-refractivity contribution in [3.8, 4) is 0 Å². The number of likely N-dealkylation sites (N-methyl/N-ethyl adjacent to an activating group) is 1. The molecule has 0 aliphatic carbocycles. The standard InChI is InChI=1S/C22H23N3O2/c1-15-14-24(2)12-11-16(15)13-21(26)25-19-9-5-3-7-17(19)22(27)23-18-8-4-6-10-20(18)25/h3-10H,11-14H2,1-2H3,(H,23,27). The van der Waals surface area contributed by atoms with Crippen molar-refractivity contribution < 1.29 is 9.59 Å². The molecule has 0 radical (unpaired) electrons. The number of rotatable bonds is 2. The highest BCUT2D eigenvalue weighted by Gasteiger charge is 2.29. The van der Waals surface area contributed by atoms with Crippen LogP contribution in [0.25, 0.3) is 0 Å². The molecule has 0 atom stereocenters. The average Bonchev–Trinajstić information content (AvgIpc) is 2.78.